The van der Waals surface area contributed by atoms with Crippen LogP contribution in [0, 0.1) is 5.82 Å². The number of nitrogens with zero attached hydrogens (tertiary/aromatic N) is 1. The van der Waals surface area contributed by atoms with E-state index in [2.05, 4.69) is 10.3 Å². The zero-order chi connectivity index (χ0) is 16.9. The highest BCUT2D eigenvalue weighted by Crippen LogP contribution is 2.31. The van der Waals surface area contributed by atoms with Crippen molar-refractivity contribution in [2.24, 2.45) is 0 Å². The molecule has 124 valence electrons. The topological polar surface area (TPSA) is 71.5 Å². The van der Waals surface area contributed by atoms with Crippen molar-refractivity contribution >= 4 is 27.5 Å². The molecule has 5 nitrogen and oxygen atoms in total. The molecular formula is C17H15FN2O3S. The van der Waals surface area contributed by atoms with Gasteiger partial charge in [0.2, 0.25) is 5.91 Å². The molecule has 24 heavy (non-hydrogen) atoms. The Bertz CT molecular complexity index is 849. The molecule has 1 aromatic heterocycles. The highest BCUT2D eigenvalue weighted by Gasteiger charge is 2.08. The van der Waals surface area contributed by atoms with Gasteiger partial charge in [-0.3, -0.25) is 4.79 Å². The number of nitrogens with one attached hydrogen (secondary N) is 1. The van der Waals surface area contributed by atoms with Crippen LogP contribution in [0.2, 0.25) is 0 Å². The van der Waals surface area contributed by atoms with Gasteiger partial charge in [-0.2, -0.15) is 0 Å². The van der Waals surface area contributed by atoms with Gasteiger partial charge in [-0.05, 0) is 35.9 Å². The zero-order valence-electron chi connectivity index (χ0n) is 12.7. The largest absolute Gasteiger partial charge is 0.431 e. The minimum Gasteiger partial charge on any atom is -0.431 e. The molecule has 0 aliphatic heterocycles. The minimum absolute atomic E-state index is 0.0788. The standard InChI is InChI=1S/C17H15FN2O3S/c18-12-3-6-14-15(10-12)24-17(20-14)23-13-4-1-11(2-5-13)9-16(22)19-7-8-21/h1-6,10,21H,7-9H2,(H,19,22). The Labute approximate surface area is 141 Å². The van der Waals surface area contributed by atoms with Crippen LogP contribution in [0.5, 0.6) is 10.9 Å². The lowest BCUT2D eigenvalue weighted by Crippen LogP contribution is -2.27. The van der Waals surface area contributed by atoms with Gasteiger partial charge in [-0.15, -0.1) is 0 Å². The Morgan fingerprint density at radius 1 is 1.25 bits per heavy atom. The van der Waals surface area contributed by atoms with Crippen LogP contribution in [0.1, 0.15) is 5.56 Å². The number of ether oxygens (including phenoxy) is 1. The van der Waals surface area contributed by atoms with Crippen molar-refractivity contribution in [1.29, 1.82) is 0 Å². The van der Waals surface area contributed by atoms with Crippen LogP contribution in [-0.2, 0) is 11.2 Å². The fourth-order valence-corrected chi connectivity index (χ4v) is 3.00. The Morgan fingerprint density at radius 3 is 2.79 bits per heavy atom. The number of fused-ring (bicyclic) bond motifs is 1. The second-order valence-corrected chi connectivity index (χ2v) is 6.08. The first-order valence-electron chi connectivity index (χ1n) is 7.34. The smallest absolute Gasteiger partial charge is 0.279 e. The van der Waals surface area contributed by atoms with Gasteiger partial charge in [-0.25, -0.2) is 9.37 Å². The molecule has 1 heterocycles. The molecule has 0 saturated heterocycles. The summed E-state index contributed by atoms with van der Waals surface area (Å²) in [6.45, 7) is 0.169. The lowest BCUT2D eigenvalue weighted by molar-refractivity contribution is -0.120. The molecule has 3 rings (SSSR count). The molecule has 2 N–H and O–H groups in total. The van der Waals surface area contributed by atoms with Gasteiger partial charge in [0.05, 0.1) is 23.2 Å². The van der Waals surface area contributed by atoms with Gasteiger partial charge < -0.3 is 15.2 Å². The number of hydrogen-bond donors (Lipinski definition) is 2. The summed E-state index contributed by atoms with van der Waals surface area (Å²) < 4.78 is 19.6. The van der Waals surface area contributed by atoms with Gasteiger partial charge in [0.1, 0.15) is 11.6 Å². The molecule has 0 saturated carbocycles. The van der Waals surface area contributed by atoms with E-state index in [1.54, 1.807) is 30.3 Å². The maximum atomic E-state index is 13.2. The number of hydrogen-bond acceptors (Lipinski definition) is 5. The summed E-state index contributed by atoms with van der Waals surface area (Å²) in [5.41, 5.74) is 1.53. The Kier molecular flexibility index (Phi) is 5.02. The van der Waals surface area contributed by atoms with Crippen LogP contribution in [0.25, 0.3) is 10.2 Å². The highest BCUT2D eigenvalue weighted by atomic mass is 32.1. The third-order valence-electron chi connectivity index (χ3n) is 3.26. The van der Waals surface area contributed by atoms with Crippen molar-refractivity contribution in [2.45, 2.75) is 6.42 Å². The number of carbonyl (C=O) groups excluding carboxylic acids is 1. The molecule has 0 spiro atoms. The molecule has 0 unspecified atom stereocenters. The van der Waals surface area contributed by atoms with E-state index in [1.807, 2.05) is 0 Å². The number of aliphatic hydroxyl groups is 1. The van der Waals surface area contributed by atoms with Crippen LogP contribution >= 0.6 is 11.3 Å². The van der Waals surface area contributed by atoms with E-state index in [9.17, 15) is 9.18 Å². The van der Waals surface area contributed by atoms with E-state index in [0.29, 0.717) is 16.5 Å². The number of aromatic nitrogens is 1. The van der Waals surface area contributed by atoms with Crippen molar-refractivity contribution in [3.8, 4) is 10.9 Å². The van der Waals surface area contributed by atoms with Crippen molar-refractivity contribution < 1.29 is 19.0 Å². The van der Waals surface area contributed by atoms with Gasteiger partial charge in [0.15, 0.2) is 0 Å². The van der Waals surface area contributed by atoms with Crippen molar-refractivity contribution in [2.75, 3.05) is 13.2 Å². The number of halogens is 1. The van der Waals surface area contributed by atoms with Gasteiger partial charge in [0.25, 0.3) is 5.19 Å². The predicted molar refractivity (Wildman–Crippen MR) is 89.9 cm³/mol. The molecule has 0 atom stereocenters. The second kappa shape index (κ2) is 7.37. The Balaban J connectivity index is 1.65. The number of aliphatic hydroxyl groups excluding tert-OH is 1. The fraction of sp³-hybridized carbons (Fsp3) is 0.176. The van der Waals surface area contributed by atoms with Crippen molar-refractivity contribution in [1.82, 2.24) is 10.3 Å². The molecular weight excluding hydrogens is 331 g/mol. The lowest BCUT2D eigenvalue weighted by Gasteiger charge is -2.05. The summed E-state index contributed by atoms with van der Waals surface area (Å²) in [5.74, 6) is 0.140. The van der Waals surface area contributed by atoms with E-state index < -0.39 is 0 Å². The monoisotopic (exact) mass is 346 g/mol. The van der Waals surface area contributed by atoms with Crippen molar-refractivity contribution in [3.05, 3.63) is 53.8 Å². The van der Waals surface area contributed by atoms with Crippen molar-refractivity contribution in [3.63, 3.8) is 0 Å². The third-order valence-corrected chi connectivity index (χ3v) is 4.15. The fourth-order valence-electron chi connectivity index (χ4n) is 2.14. The van der Waals surface area contributed by atoms with E-state index in [4.69, 9.17) is 9.84 Å². The molecule has 0 bridgehead atoms. The molecule has 2 aromatic carbocycles. The molecule has 3 aromatic rings. The summed E-state index contributed by atoms with van der Waals surface area (Å²) in [6, 6.07) is 11.5. The summed E-state index contributed by atoms with van der Waals surface area (Å²) in [6.07, 6.45) is 0.237. The molecule has 0 radical (unpaired) electrons. The van der Waals surface area contributed by atoms with Crippen LogP contribution < -0.4 is 10.1 Å². The number of benzene rings is 2. The third kappa shape index (κ3) is 4.06. The second-order valence-electron chi connectivity index (χ2n) is 5.09. The van der Waals surface area contributed by atoms with Gasteiger partial charge in [0, 0.05) is 6.54 Å². The molecule has 1 amide bonds. The van der Waals surface area contributed by atoms with Crippen LogP contribution in [0.4, 0.5) is 4.39 Å². The van der Waals surface area contributed by atoms with Crippen LogP contribution in [-0.4, -0.2) is 29.1 Å². The molecule has 0 fully saturated rings. The average molecular weight is 346 g/mol. The summed E-state index contributed by atoms with van der Waals surface area (Å²) in [5, 5.41) is 11.7. The first-order valence-corrected chi connectivity index (χ1v) is 8.16. The number of rotatable bonds is 6. The average Bonchev–Trinajstić information content (AvgIpc) is 2.96. The number of thiazole rings is 1. The van der Waals surface area contributed by atoms with Crippen LogP contribution in [0.15, 0.2) is 42.5 Å². The highest BCUT2D eigenvalue weighted by molar-refractivity contribution is 7.20. The maximum absolute atomic E-state index is 13.2. The first-order chi connectivity index (χ1) is 11.6. The molecule has 0 aliphatic rings. The van der Waals surface area contributed by atoms with E-state index in [-0.39, 0.29) is 31.3 Å². The van der Waals surface area contributed by atoms with Gasteiger partial charge >= 0.3 is 0 Å². The Morgan fingerprint density at radius 2 is 2.04 bits per heavy atom. The van der Waals surface area contributed by atoms with E-state index in [0.717, 1.165) is 10.3 Å². The summed E-state index contributed by atoms with van der Waals surface area (Å²) in [7, 11) is 0. The summed E-state index contributed by atoms with van der Waals surface area (Å²) in [4.78, 5) is 15.9. The van der Waals surface area contributed by atoms with Gasteiger partial charge in [-0.1, -0.05) is 23.5 Å². The SMILES string of the molecule is O=C(Cc1ccc(Oc2nc3ccc(F)cc3s2)cc1)NCCO. The first kappa shape index (κ1) is 16.4. The van der Waals surface area contributed by atoms with Crippen LogP contribution in [0.3, 0.4) is 0 Å². The molecule has 7 heteroatoms. The Hall–Kier alpha value is -2.51. The quantitative estimate of drug-likeness (QED) is 0.720. The van der Waals surface area contributed by atoms with E-state index >= 15 is 0 Å². The van der Waals surface area contributed by atoms with E-state index in [1.165, 1.54) is 23.5 Å². The lowest BCUT2D eigenvalue weighted by atomic mass is 10.1. The predicted octanol–water partition coefficient (Wildman–Crippen LogP) is 2.88. The minimum atomic E-state index is -0.304. The molecule has 0 aliphatic carbocycles. The number of amides is 1. The zero-order valence-corrected chi connectivity index (χ0v) is 13.5. The number of carbonyl (C=O) groups is 1. The maximum Gasteiger partial charge on any atom is 0.279 e. The summed E-state index contributed by atoms with van der Waals surface area (Å²) >= 11 is 1.27. The normalized spacial score (nSPS) is 10.8.